The van der Waals surface area contributed by atoms with Crippen molar-refractivity contribution in [3.8, 4) is 0 Å². The van der Waals surface area contributed by atoms with Gasteiger partial charge in [0.25, 0.3) is 11.5 Å². The summed E-state index contributed by atoms with van der Waals surface area (Å²) in [6.45, 7) is 1.11. The van der Waals surface area contributed by atoms with E-state index in [9.17, 15) is 14.0 Å². The Hall–Kier alpha value is -2.15. The highest BCUT2D eigenvalue weighted by Crippen LogP contribution is 2.35. The number of thioether (sulfide) groups is 1. The number of hydrogen-bond donors (Lipinski definition) is 1. The Morgan fingerprint density at radius 3 is 2.83 bits per heavy atom. The molecule has 120 valence electrons. The number of aromatic nitrogens is 2. The maximum Gasteiger partial charge on any atom is 0.274 e. The van der Waals surface area contributed by atoms with E-state index in [1.54, 1.807) is 28.8 Å². The Morgan fingerprint density at radius 1 is 1.26 bits per heavy atom. The molecular formula is C16H16FN3O2S. The molecule has 1 fully saturated rings. The summed E-state index contributed by atoms with van der Waals surface area (Å²) >= 11 is 1.66. The van der Waals surface area contributed by atoms with E-state index in [4.69, 9.17) is 0 Å². The maximum atomic E-state index is 13.9. The van der Waals surface area contributed by atoms with Crippen molar-refractivity contribution in [2.75, 3.05) is 18.8 Å². The zero-order valence-electron chi connectivity index (χ0n) is 12.4. The molecule has 1 aromatic heterocycles. The van der Waals surface area contributed by atoms with Gasteiger partial charge in [0, 0.05) is 35.7 Å². The SMILES string of the molecule is O=C(c1ccc(=O)[nH]n1)N1CCS[C@@H](c2ccccc2F)CC1. The zero-order valence-corrected chi connectivity index (χ0v) is 13.2. The van der Waals surface area contributed by atoms with Crippen LogP contribution in [-0.2, 0) is 0 Å². The van der Waals surface area contributed by atoms with Gasteiger partial charge in [-0.1, -0.05) is 18.2 Å². The van der Waals surface area contributed by atoms with Crippen LogP contribution in [0.4, 0.5) is 4.39 Å². The molecule has 1 N–H and O–H groups in total. The van der Waals surface area contributed by atoms with Crippen molar-refractivity contribution < 1.29 is 9.18 Å². The van der Waals surface area contributed by atoms with Crippen LogP contribution in [0, 0.1) is 5.82 Å². The molecule has 0 spiro atoms. The Bertz CT molecular complexity index is 744. The summed E-state index contributed by atoms with van der Waals surface area (Å²) in [5.41, 5.74) is 0.570. The van der Waals surface area contributed by atoms with Crippen LogP contribution in [0.2, 0.25) is 0 Å². The number of carbonyl (C=O) groups is 1. The van der Waals surface area contributed by atoms with Crippen LogP contribution in [0.1, 0.15) is 27.7 Å². The molecule has 1 amide bonds. The molecule has 1 aliphatic heterocycles. The molecule has 1 aliphatic rings. The fourth-order valence-electron chi connectivity index (χ4n) is 2.58. The molecule has 3 rings (SSSR count). The summed E-state index contributed by atoms with van der Waals surface area (Å²) in [5, 5.41) is 6.09. The van der Waals surface area contributed by atoms with Crippen LogP contribution < -0.4 is 5.56 Å². The molecule has 2 heterocycles. The van der Waals surface area contributed by atoms with Gasteiger partial charge in [-0.05, 0) is 18.6 Å². The number of nitrogens with zero attached hydrogens (tertiary/aromatic N) is 2. The minimum atomic E-state index is -0.340. The molecule has 1 aromatic carbocycles. The Kier molecular flexibility index (Phi) is 4.76. The van der Waals surface area contributed by atoms with E-state index < -0.39 is 0 Å². The molecule has 1 saturated heterocycles. The third-order valence-corrected chi connectivity index (χ3v) is 5.09. The summed E-state index contributed by atoms with van der Waals surface area (Å²) < 4.78 is 13.9. The standard InChI is InChI=1S/C16H16FN3O2S/c17-12-4-2-1-3-11(12)14-7-8-20(9-10-23-14)16(22)13-5-6-15(21)19-18-13/h1-6,14H,7-10H2,(H,19,21)/t14-/m1/s1. The van der Waals surface area contributed by atoms with Gasteiger partial charge in [-0.15, -0.1) is 0 Å². The first-order chi connectivity index (χ1) is 11.1. The highest BCUT2D eigenvalue weighted by Gasteiger charge is 2.24. The monoisotopic (exact) mass is 333 g/mol. The molecular weight excluding hydrogens is 317 g/mol. The zero-order chi connectivity index (χ0) is 16.2. The van der Waals surface area contributed by atoms with E-state index in [0.29, 0.717) is 25.1 Å². The maximum absolute atomic E-state index is 13.9. The van der Waals surface area contributed by atoms with E-state index in [-0.39, 0.29) is 28.2 Å². The van der Waals surface area contributed by atoms with Gasteiger partial charge < -0.3 is 4.90 Å². The molecule has 5 nitrogen and oxygen atoms in total. The summed E-state index contributed by atoms with van der Waals surface area (Å²) in [7, 11) is 0. The van der Waals surface area contributed by atoms with Gasteiger partial charge in [0.05, 0.1) is 0 Å². The lowest BCUT2D eigenvalue weighted by Gasteiger charge is -2.19. The van der Waals surface area contributed by atoms with Crippen LogP contribution in [0.25, 0.3) is 0 Å². The van der Waals surface area contributed by atoms with Crippen LogP contribution in [0.3, 0.4) is 0 Å². The molecule has 0 radical (unpaired) electrons. The molecule has 0 bridgehead atoms. The number of H-pyrrole nitrogens is 1. The van der Waals surface area contributed by atoms with Crippen molar-refractivity contribution in [3.05, 3.63) is 63.8 Å². The number of nitrogens with one attached hydrogen (secondary N) is 1. The lowest BCUT2D eigenvalue weighted by molar-refractivity contribution is 0.0759. The predicted octanol–water partition coefficient (Wildman–Crippen LogP) is 2.23. The summed E-state index contributed by atoms with van der Waals surface area (Å²) in [5.74, 6) is 0.316. The van der Waals surface area contributed by atoms with Crippen molar-refractivity contribution in [2.45, 2.75) is 11.7 Å². The second kappa shape index (κ2) is 6.95. The molecule has 1 atom stereocenters. The fraction of sp³-hybridized carbons (Fsp3) is 0.312. The van der Waals surface area contributed by atoms with Gasteiger partial charge in [-0.3, -0.25) is 9.59 Å². The van der Waals surface area contributed by atoms with Crippen LogP contribution in [-0.4, -0.2) is 39.8 Å². The highest BCUT2D eigenvalue weighted by atomic mass is 32.2. The lowest BCUT2D eigenvalue weighted by Crippen LogP contribution is -2.34. The van der Waals surface area contributed by atoms with Crippen molar-refractivity contribution in [2.24, 2.45) is 0 Å². The van der Waals surface area contributed by atoms with E-state index in [2.05, 4.69) is 10.2 Å². The van der Waals surface area contributed by atoms with Crippen LogP contribution in [0.5, 0.6) is 0 Å². The minimum Gasteiger partial charge on any atom is -0.336 e. The van der Waals surface area contributed by atoms with Gasteiger partial charge in [-0.2, -0.15) is 16.9 Å². The summed E-state index contributed by atoms with van der Waals surface area (Å²) in [6.07, 6.45) is 0.681. The summed E-state index contributed by atoms with van der Waals surface area (Å²) in [4.78, 5) is 25.2. The predicted molar refractivity (Wildman–Crippen MR) is 87.0 cm³/mol. The number of benzene rings is 1. The van der Waals surface area contributed by atoms with E-state index >= 15 is 0 Å². The molecule has 2 aromatic rings. The Morgan fingerprint density at radius 2 is 2.09 bits per heavy atom. The number of carbonyl (C=O) groups excluding carboxylic acids is 1. The van der Waals surface area contributed by atoms with Gasteiger partial charge >= 0.3 is 0 Å². The van der Waals surface area contributed by atoms with E-state index in [1.165, 1.54) is 18.2 Å². The average molecular weight is 333 g/mol. The number of amides is 1. The second-order valence-electron chi connectivity index (χ2n) is 5.27. The topological polar surface area (TPSA) is 66.1 Å². The third kappa shape index (κ3) is 3.61. The molecule has 0 unspecified atom stereocenters. The molecule has 0 aliphatic carbocycles. The minimum absolute atomic E-state index is 0.0394. The Labute approximate surface area is 136 Å². The van der Waals surface area contributed by atoms with Gasteiger partial charge in [0.15, 0.2) is 0 Å². The molecule has 0 saturated carbocycles. The summed E-state index contributed by atoms with van der Waals surface area (Å²) in [6, 6.07) is 9.49. The average Bonchev–Trinajstić information content (AvgIpc) is 2.81. The highest BCUT2D eigenvalue weighted by molar-refractivity contribution is 7.99. The largest absolute Gasteiger partial charge is 0.336 e. The van der Waals surface area contributed by atoms with Gasteiger partial charge in [-0.25, -0.2) is 9.49 Å². The number of halogens is 1. The first-order valence-electron chi connectivity index (χ1n) is 7.36. The van der Waals surface area contributed by atoms with Crippen molar-refractivity contribution in [3.63, 3.8) is 0 Å². The van der Waals surface area contributed by atoms with Crippen molar-refractivity contribution in [1.29, 1.82) is 0 Å². The van der Waals surface area contributed by atoms with E-state index in [0.717, 1.165) is 5.75 Å². The van der Waals surface area contributed by atoms with Crippen molar-refractivity contribution >= 4 is 17.7 Å². The molecule has 7 heteroatoms. The van der Waals surface area contributed by atoms with Crippen LogP contribution in [0.15, 0.2) is 41.2 Å². The van der Waals surface area contributed by atoms with Crippen molar-refractivity contribution in [1.82, 2.24) is 15.1 Å². The number of rotatable bonds is 2. The first kappa shape index (κ1) is 15.7. The number of aromatic amines is 1. The second-order valence-corrected chi connectivity index (χ2v) is 6.58. The van der Waals surface area contributed by atoms with Gasteiger partial charge in [0.2, 0.25) is 0 Å². The third-order valence-electron chi connectivity index (χ3n) is 3.78. The normalized spacial score (nSPS) is 18.5. The number of hydrogen-bond acceptors (Lipinski definition) is 4. The van der Waals surface area contributed by atoms with Crippen LogP contribution >= 0.6 is 11.8 Å². The fourth-order valence-corrected chi connectivity index (χ4v) is 3.84. The quantitative estimate of drug-likeness (QED) is 0.915. The van der Waals surface area contributed by atoms with Gasteiger partial charge in [0.1, 0.15) is 11.5 Å². The molecule has 23 heavy (non-hydrogen) atoms. The first-order valence-corrected chi connectivity index (χ1v) is 8.41. The smallest absolute Gasteiger partial charge is 0.274 e. The lowest BCUT2D eigenvalue weighted by atomic mass is 10.1. The Balaban J connectivity index is 1.71. The van der Waals surface area contributed by atoms with E-state index in [1.807, 2.05) is 6.07 Å².